The zero-order valence-corrected chi connectivity index (χ0v) is 24.2. The number of carbonyl (C=O) groups excluding carboxylic acids is 1. The Balaban J connectivity index is 1.56. The maximum atomic E-state index is 13.9. The molecule has 0 unspecified atom stereocenters. The van der Waals surface area contributed by atoms with Gasteiger partial charge >= 0.3 is 0 Å². The van der Waals surface area contributed by atoms with E-state index < -0.39 is 17.6 Å². The summed E-state index contributed by atoms with van der Waals surface area (Å²) in [5.74, 6) is 0.611. The Morgan fingerprint density at radius 1 is 0.927 bits per heavy atom. The summed E-state index contributed by atoms with van der Waals surface area (Å²) < 4.78 is 13.1. The molecule has 4 aromatic rings. The van der Waals surface area contributed by atoms with Crippen LogP contribution in [0.4, 0.5) is 0 Å². The number of hydrogen-bond acceptors (Lipinski definition) is 6. The highest BCUT2D eigenvalue weighted by Gasteiger charge is 2.53. The molecule has 0 fully saturated rings. The maximum Gasteiger partial charge on any atom is 0.276 e. The predicted molar refractivity (Wildman–Crippen MR) is 162 cm³/mol. The van der Waals surface area contributed by atoms with Gasteiger partial charge in [-0.25, -0.2) is 10.5 Å². The summed E-state index contributed by atoms with van der Waals surface area (Å²) in [7, 11) is 1.41. The molecule has 1 heterocycles. The fourth-order valence-electron chi connectivity index (χ4n) is 4.88. The van der Waals surface area contributed by atoms with E-state index in [1.54, 1.807) is 0 Å². The van der Waals surface area contributed by atoms with Gasteiger partial charge in [0, 0.05) is 29.5 Å². The smallest absolute Gasteiger partial charge is 0.276 e. The summed E-state index contributed by atoms with van der Waals surface area (Å²) in [5.41, 5.74) is 5.76. The van der Waals surface area contributed by atoms with Crippen molar-refractivity contribution >= 4 is 27.7 Å². The summed E-state index contributed by atoms with van der Waals surface area (Å²) in [6.07, 6.45) is 0.0831. The fourth-order valence-corrected chi connectivity index (χ4v) is 5.30. The van der Waals surface area contributed by atoms with Crippen LogP contribution < -0.4 is 10.2 Å². The maximum absolute atomic E-state index is 13.9. The van der Waals surface area contributed by atoms with Gasteiger partial charge in [0.1, 0.15) is 5.75 Å². The van der Waals surface area contributed by atoms with Gasteiger partial charge in [0.15, 0.2) is 11.6 Å². The normalized spacial score (nSPS) is 17.9. The van der Waals surface area contributed by atoms with Gasteiger partial charge in [-0.05, 0) is 52.6 Å². The highest BCUT2D eigenvalue weighted by Crippen LogP contribution is 2.43. The molecule has 2 atom stereocenters. The van der Waals surface area contributed by atoms with Crippen LogP contribution in [-0.4, -0.2) is 42.8 Å². The van der Waals surface area contributed by atoms with E-state index in [1.165, 1.54) is 7.11 Å². The van der Waals surface area contributed by atoms with Gasteiger partial charge in [-0.3, -0.25) is 9.63 Å². The van der Waals surface area contributed by atoms with Crippen LogP contribution in [0.15, 0.2) is 113 Å². The molecule has 0 saturated carbocycles. The average Bonchev–Trinajstić information content (AvgIpc) is 3.40. The SMILES string of the molecule is CONC(=O)[C@@]1(Cc2ccccc2Br)N=C(c2ccc(OCCCO)cc2)O[C@H]1c1ccc(-c2ccccc2)cc1. The van der Waals surface area contributed by atoms with Crippen molar-refractivity contribution in [3.05, 3.63) is 124 Å². The third-order valence-corrected chi connectivity index (χ3v) is 7.74. The van der Waals surface area contributed by atoms with Crippen molar-refractivity contribution in [2.45, 2.75) is 24.5 Å². The fraction of sp³-hybridized carbons (Fsp3) is 0.212. The summed E-state index contributed by atoms with van der Waals surface area (Å²) in [4.78, 5) is 24.0. The first kappa shape index (κ1) is 28.5. The number of benzene rings is 4. The van der Waals surface area contributed by atoms with Gasteiger partial charge in [0.25, 0.3) is 5.91 Å². The van der Waals surface area contributed by atoms with E-state index in [4.69, 9.17) is 24.4 Å². The van der Waals surface area contributed by atoms with E-state index in [-0.39, 0.29) is 13.0 Å². The van der Waals surface area contributed by atoms with Crippen molar-refractivity contribution in [1.82, 2.24) is 5.48 Å². The second-order valence-electron chi connectivity index (χ2n) is 9.68. The van der Waals surface area contributed by atoms with Crippen LogP contribution in [0.2, 0.25) is 0 Å². The Morgan fingerprint density at radius 3 is 2.27 bits per heavy atom. The molecule has 8 heteroatoms. The van der Waals surface area contributed by atoms with Gasteiger partial charge in [-0.2, -0.15) is 0 Å². The third kappa shape index (κ3) is 6.35. The lowest BCUT2D eigenvalue weighted by molar-refractivity contribution is -0.139. The number of nitrogens with one attached hydrogen (secondary N) is 1. The molecular weight excluding hydrogens is 584 g/mol. The Bertz CT molecular complexity index is 1490. The molecule has 7 nitrogen and oxygen atoms in total. The Labute approximate surface area is 247 Å². The number of nitrogens with zero attached hydrogens (tertiary/aromatic N) is 1. The summed E-state index contributed by atoms with van der Waals surface area (Å²) in [6.45, 7) is 0.486. The van der Waals surface area contributed by atoms with Crippen LogP contribution in [0.25, 0.3) is 11.1 Å². The van der Waals surface area contributed by atoms with E-state index in [2.05, 4.69) is 33.5 Å². The summed E-state index contributed by atoms with van der Waals surface area (Å²) in [6, 6.07) is 33.3. The predicted octanol–water partition coefficient (Wildman–Crippen LogP) is 6.05. The molecule has 5 rings (SSSR count). The molecule has 2 N–H and O–H groups in total. The van der Waals surface area contributed by atoms with Gasteiger partial charge in [0.05, 0.1) is 13.7 Å². The Hall–Kier alpha value is -3.98. The molecule has 0 spiro atoms. The summed E-state index contributed by atoms with van der Waals surface area (Å²) in [5, 5.41) is 9.02. The lowest BCUT2D eigenvalue weighted by atomic mass is 9.82. The number of ether oxygens (including phenoxy) is 2. The molecule has 1 amide bonds. The molecule has 0 saturated heterocycles. The highest BCUT2D eigenvalue weighted by molar-refractivity contribution is 9.10. The molecule has 0 aromatic heterocycles. The molecule has 1 aliphatic heterocycles. The first-order valence-electron chi connectivity index (χ1n) is 13.4. The van der Waals surface area contributed by atoms with E-state index in [1.807, 2.05) is 91.0 Å². The molecular formula is C33H31BrN2O5. The number of hydrogen-bond donors (Lipinski definition) is 2. The van der Waals surface area contributed by atoms with Crippen molar-refractivity contribution in [1.29, 1.82) is 0 Å². The standard InChI is InChI=1S/C33H31BrN2O5/c1-39-36-32(38)33(22-27-10-5-6-11-29(27)34)30(25-14-12-24(13-15-25)23-8-3-2-4-9-23)41-31(35-33)26-16-18-28(19-17-26)40-21-7-20-37/h2-6,8-19,30,37H,7,20-22H2,1H3,(H,36,38)/t30-,33-/m0/s1. The van der Waals surface area contributed by atoms with Crippen LogP contribution in [0.1, 0.15) is 29.2 Å². The number of halogens is 1. The quantitative estimate of drug-likeness (QED) is 0.158. The minimum Gasteiger partial charge on any atom is -0.494 e. The molecule has 1 aliphatic rings. The highest BCUT2D eigenvalue weighted by atomic mass is 79.9. The van der Waals surface area contributed by atoms with Gasteiger partial charge < -0.3 is 14.6 Å². The number of rotatable bonds is 11. The van der Waals surface area contributed by atoms with Crippen LogP contribution in [-0.2, 0) is 20.8 Å². The third-order valence-electron chi connectivity index (χ3n) is 6.96. The van der Waals surface area contributed by atoms with Crippen molar-refractivity contribution in [2.75, 3.05) is 20.3 Å². The number of aliphatic hydroxyl groups is 1. The topological polar surface area (TPSA) is 89.4 Å². The zero-order valence-electron chi connectivity index (χ0n) is 22.6. The van der Waals surface area contributed by atoms with Gasteiger partial charge in [-0.1, -0.05) is 88.7 Å². The van der Waals surface area contributed by atoms with E-state index >= 15 is 0 Å². The van der Waals surface area contributed by atoms with Crippen molar-refractivity contribution in [3.63, 3.8) is 0 Å². The molecule has 0 aliphatic carbocycles. The van der Waals surface area contributed by atoms with Gasteiger partial charge in [0.2, 0.25) is 5.90 Å². The largest absolute Gasteiger partial charge is 0.494 e. The Kier molecular flexibility index (Phi) is 9.14. The minimum atomic E-state index is -1.36. The number of aliphatic hydroxyl groups excluding tert-OH is 1. The Morgan fingerprint density at radius 2 is 1.59 bits per heavy atom. The zero-order chi connectivity index (χ0) is 28.7. The van der Waals surface area contributed by atoms with Crippen molar-refractivity contribution < 1.29 is 24.2 Å². The number of amides is 1. The molecule has 4 aromatic carbocycles. The van der Waals surface area contributed by atoms with E-state index in [9.17, 15) is 4.79 Å². The van der Waals surface area contributed by atoms with Crippen molar-refractivity contribution in [2.24, 2.45) is 4.99 Å². The number of carbonyl (C=O) groups is 1. The van der Waals surface area contributed by atoms with Gasteiger partial charge in [-0.15, -0.1) is 0 Å². The van der Waals surface area contributed by atoms with E-state index in [0.717, 1.165) is 26.7 Å². The first-order valence-corrected chi connectivity index (χ1v) is 14.2. The molecule has 0 radical (unpaired) electrons. The second kappa shape index (κ2) is 13.1. The number of hydroxylamine groups is 1. The first-order chi connectivity index (χ1) is 20.0. The van der Waals surface area contributed by atoms with Crippen LogP contribution >= 0.6 is 15.9 Å². The monoisotopic (exact) mass is 614 g/mol. The molecule has 210 valence electrons. The molecule has 41 heavy (non-hydrogen) atoms. The summed E-state index contributed by atoms with van der Waals surface area (Å²) >= 11 is 3.64. The lowest BCUT2D eigenvalue weighted by Crippen LogP contribution is -2.49. The number of aliphatic imine (C=N–C) groups is 1. The van der Waals surface area contributed by atoms with Crippen LogP contribution in [0.5, 0.6) is 5.75 Å². The van der Waals surface area contributed by atoms with Crippen molar-refractivity contribution in [3.8, 4) is 16.9 Å². The minimum absolute atomic E-state index is 0.0690. The van der Waals surface area contributed by atoms with Crippen LogP contribution in [0, 0.1) is 0 Å². The average molecular weight is 616 g/mol. The molecule has 0 bridgehead atoms. The lowest BCUT2D eigenvalue weighted by Gasteiger charge is -2.30. The van der Waals surface area contributed by atoms with E-state index in [0.29, 0.717) is 30.2 Å². The van der Waals surface area contributed by atoms with Crippen LogP contribution in [0.3, 0.4) is 0 Å². The second-order valence-corrected chi connectivity index (χ2v) is 10.5.